The Hall–Kier alpha value is -1.86. The number of aliphatic hydroxyl groups excluding tert-OH is 1. The number of halogens is 1. The standard InChI is InChI=1S/C10H10ClN5O2/c11-2-6-5(17)1-7(18-6)16-4-15-8-9(12)13-3-14-10(8)16/h2-5,7,17H,1H2,(H2,12,13,14)/t5-,7+/m0/s1. The second-order valence-corrected chi connectivity index (χ2v) is 4.14. The third-order valence-corrected chi connectivity index (χ3v) is 3.05. The van der Waals surface area contributed by atoms with Crippen molar-refractivity contribution >= 4 is 28.6 Å². The zero-order valence-electron chi connectivity index (χ0n) is 9.19. The minimum atomic E-state index is -0.718. The van der Waals surface area contributed by atoms with Crippen LogP contribution in [-0.4, -0.2) is 30.7 Å². The maximum Gasteiger partial charge on any atom is 0.181 e. The molecule has 3 heterocycles. The molecule has 2 aromatic heterocycles. The third-order valence-electron chi connectivity index (χ3n) is 2.83. The zero-order chi connectivity index (χ0) is 12.7. The molecule has 8 heteroatoms. The summed E-state index contributed by atoms with van der Waals surface area (Å²) in [7, 11) is 0. The van der Waals surface area contributed by atoms with E-state index in [0.717, 1.165) is 0 Å². The minimum Gasteiger partial charge on any atom is -0.471 e. The van der Waals surface area contributed by atoms with Crippen molar-refractivity contribution in [2.75, 3.05) is 5.73 Å². The predicted octanol–water partition coefficient (Wildman–Crippen LogP) is 0.769. The highest BCUT2D eigenvalue weighted by atomic mass is 35.5. The smallest absolute Gasteiger partial charge is 0.181 e. The van der Waals surface area contributed by atoms with Crippen LogP contribution in [0.25, 0.3) is 11.2 Å². The Balaban J connectivity index is 2.04. The number of hydrogen-bond donors (Lipinski definition) is 2. The molecule has 7 nitrogen and oxygen atoms in total. The van der Waals surface area contributed by atoms with Crippen LogP contribution in [0.3, 0.4) is 0 Å². The zero-order valence-corrected chi connectivity index (χ0v) is 9.95. The number of nitrogens with zero attached hydrogens (tertiary/aromatic N) is 4. The molecular weight excluding hydrogens is 258 g/mol. The first-order valence-corrected chi connectivity index (χ1v) is 5.72. The van der Waals surface area contributed by atoms with Crippen LogP contribution in [0.2, 0.25) is 0 Å². The van der Waals surface area contributed by atoms with Crippen LogP contribution in [-0.2, 0) is 4.74 Å². The molecule has 0 amide bonds. The fraction of sp³-hybridized carbons (Fsp3) is 0.300. The molecule has 3 N–H and O–H groups in total. The summed E-state index contributed by atoms with van der Waals surface area (Å²) >= 11 is 5.56. The quantitative estimate of drug-likeness (QED) is 0.792. The Kier molecular flexibility index (Phi) is 2.57. The number of nitrogen functional groups attached to an aromatic ring is 1. The lowest BCUT2D eigenvalue weighted by Gasteiger charge is -2.11. The van der Waals surface area contributed by atoms with Crippen LogP contribution in [0, 0.1) is 0 Å². The molecule has 1 aliphatic heterocycles. The molecule has 1 saturated heterocycles. The number of aromatic nitrogens is 4. The van der Waals surface area contributed by atoms with Gasteiger partial charge in [-0.3, -0.25) is 4.57 Å². The van der Waals surface area contributed by atoms with Crippen LogP contribution in [0.5, 0.6) is 0 Å². The summed E-state index contributed by atoms with van der Waals surface area (Å²) < 4.78 is 7.21. The lowest BCUT2D eigenvalue weighted by atomic mass is 10.2. The highest BCUT2D eigenvalue weighted by Crippen LogP contribution is 2.33. The van der Waals surface area contributed by atoms with E-state index in [1.165, 1.54) is 11.9 Å². The van der Waals surface area contributed by atoms with Crippen LogP contribution >= 0.6 is 11.6 Å². The van der Waals surface area contributed by atoms with Gasteiger partial charge in [0.15, 0.2) is 17.7 Å². The first-order valence-electron chi connectivity index (χ1n) is 5.28. The van der Waals surface area contributed by atoms with Crippen molar-refractivity contribution in [3.8, 4) is 0 Å². The number of anilines is 1. The van der Waals surface area contributed by atoms with E-state index >= 15 is 0 Å². The van der Waals surface area contributed by atoms with Crippen LogP contribution in [0.1, 0.15) is 12.6 Å². The Morgan fingerprint density at radius 3 is 3.06 bits per heavy atom. The minimum absolute atomic E-state index is 0.311. The molecule has 0 aliphatic carbocycles. The Morgan fingerprint density at radius 2 is 2.33 bits per heavy atom. The highest BCUT2D eigenvalue weighted by Gasteiger charge is 2.31. The lowest BCUT2D eigenvalue weighted by molar-refractivity contribution is 0.101. The largest absolute Gasteiger partial charge is 0.471 e. The number of imidazole rings is 1. The van der Waals surface area contributed by atoms with Crippen molar-refractivity contribution in [1.82, 2.24) is 19.5 Å². The van der Waals surface area contributed by atoms with Gasteiger partial charge in [-0.25, -0.2) is 15.0 Å². The molecule has 0 unspecified atom stereocenters. The molecule has 0 saturated carbocycles. The van der Waals surface area contributed by atoms with Gasteiger partial charge >= 0.3 is 0 Å². The van der Waals surface area contributed by atoms with Crippen molar-refractivity contribution in [2.24, 2.45) is 0 Å². The first-order chi connectivity index (χ1) is 8.70. The number of hydrogen-bond acceptors (Lipinski definition) is 6. The number of fused-ring (bicyclic) bond motifs is 1. The fourth-order valence-corrected chi connectivity index (χ4v) is 2.14. The Morgan fingerprint density at radius 1 is 1.50 bits per heavy atom. The van der Waals surface area contributed by atoms with Crippen molar-refractivity contribution < 1.29 is 9.84 Å². The monoisotopic (exact) mass is 267 g/mol. The van der Waals surface area contributed by atoms with E-state index in [9.17, 15) is 5.11 Å². The molecule has 3 rings (SSSR count). The summed E-state index contributed by atoms with van der Waals surface area (Å²) in [6, 6.07) is 0. The molecular formula is C10H10ClN5O2. The third kappa shape index (κ3) is 1.59. The second-order valence-electron chi connectivity index (χ2n) is 3.92. The van der Waals surface area contributed by atoms with Gasteiger partial charge in [0.25, 0.3) is 0 Å². The summed E-state index contributed by atoms with van der Waals surface area (Å²) in [5, 5.41) is 9.72. The molecule has 94 valence electrons. The lowest BCUT2D eigenvalue weighted by Crippen LogP contribution is -2.08. The SMILES string of the molecule is Nc1ncnc2c1ncn2[C@H]1C[C@H](O)C(=CCl)O1. The van der Waals surface area contributed by atoms with Gasteiger partial charge in [-0.05, 0) is 0 Å². The van der Waals surface area contributed by atoms with Gasteiger partial charge < -0.3 is 15.6 Å². The molecule has 0 bridgehead atoms. The fourth-order valence-electron chi connectivity index (χ4n) is 1.94. The molecule has 2 aromatic rings. The normalized spacial score (nSPS) is 25.8. The number of aliphatic hydroxyl groups is 1. The van der Waals surface area contributed by atoms with Gasteiger partial charge in [0, 0.05) is 12.0 Å². The van der Waals surface area contributed by atoms with Crippen molar-refractivity contribution in [3.63, 3.8) is 0 Å². The van der Waals surface area contributed by atoms with E-state index < -0.39 is 12.3 Å². The van der Waals surface area contributed by atoms with Gasteiger partial charge in [0.05, 0.1) is 0 Å². The van der Waals surface area contributed by atoms with Gasteiger partial charge in [0.2, 0.25) is 0 Å². The van der Waals surface area contributed by atoms with Crippen molar-refractivity contribution in [3.05, 3.63) is 23.9 Å². The van der Waals surface area contributed by atoms with E-state index in [0.29, 0.717) is 29.2 Å². The summed E-state index contributed by atoms with van der Waals surface area (Å²) in [4.78, 5) is 12.1. The van der Waals surface area contributed by atoms with Crippen molar-refractivity contribution in [2.45, 2.75) is 18.8 Å². The van der Waals surface area contributed by atoms with Crippen LogP contribution in [0.4, 0.5) is 5.82 Å². The maximum absolute atomic E-state index is 9.72. The Labute approximate surface area is 107 Å². The second kappa shape index (κ2) is 4.11. The average molecular weight is 268 g/mol. The highest BCUT2D eigenvalue weighted by molar-refractivity contribution is 6.25. The molecule has 2 atom stereocenters. The van der Waals surface area contributed by atoms with Gasteiger partial charge in [-0.2, -0.15) is 0 Å². The van der Waals surface area contributed by atoms with E-state index in [-0.39, 0.29) is 0 Å². The number of nitrogens with two attached hydrogens (primary N) is 1. The topological polar surface area (TPSA) is 99.1 Å². The number of ether oxygens (including phenoxy) is 1. The van der Waals surface area contributed by atoms with E-state index in [4.69, 9.17) is 22.1 Å². The number of rotatable bonds is 1. The van der Waals surface area contributed by atoms with Crippen LogP contribution < -0.4 is 5.73 Å². The predicted molar refractivity (Wildman–Crippen MR) is 64.4 cm³/mol. The summed E-state index contributed by atoms with van der Waals surface area (Å²) in [5.41, 5.74) is 8.01. The van der Waals surface area contributed by atoms with Crippen LogP contribution in [0.15, 0.2) is 23.9 Å². The molecule has 0 spiro atoms. The summed E-state index contributed by atoms with van der Waals surface area (Å²) in [6.07, 6.45) is 2.19. The molecule has 18 heavy (non-hydrogen) atoms. The molecule has 0 radical (unpaired) electrons. The molecule has 0 aromatic carbocycles. The summed E-state index contributed by atoms with van der Waals surface area (Å²) in [6.45, 7) is 0. The van der Waals surface area contributed by atoms with Gasteiger partial charge in [-0.15, -0.1) is 0 Å². The average Bonchev–Trinajstić information content (AvgIpc) is 2.93. The van der Waals surface area contributed by atoms with E-state index in [1.54, 1.807) is 10.9 Å². The first kappa shape index (κ1) is 11.2. The Bertz CT molecular complexity index is 626. The van der Waals surface area contributed by atoms with E-state index in [1.807, 2.05) is 0 Å². The van der Waals surface area contributed by atoms with Crippen molar-refractivity contribution in [1.29, 1.82) is 0 Å². The molecule has 1 aliphatic rings. The van der Waals surface area contributed by atoms with Gasteiger partial charge in [0.1, 0.15) is 30.0 Å². The molecule has 1 fully saturated rings. The van der Waals surface area contributed by atoms with E-state index in [2.05, 4.69) is 15.0 Å². The summed E-state index contributed by atoms with van der Waals surface area (Å²) in [5.74, 6) is 0.649. The van der Waals surface area contributed by atoms with Gasteiger partial charge in [-0.1, -0.05) is 11.6 Å². The maximum atomic E-state index is 9.72.